The zero-order valence-corrected chi connectivity index (χ0v) is 20.1. The largest absolute Gasteiger partial charge is 0.383 e. The molecule has 0 aliphatic carbocycles. The first-order chi connectivity index (χ1) is 13.2. The SMILES string of the molecule is CS(=O)(=O)Oc1ccc(/C(=N\NC(=O)C(N)=O)c2ccc(Cl)cc2)cc1.II. The third-order valence-electron chi connectivity index (χ3n) is 2.99. The predicted molar refractivity (Wildman–Crippen MR) is 124 cm³/mol. The molecule has 0 spiro atoms. The molecule has 150 valence electrons. The number of nitrogens with zero attached hydrogens (tertiary/aromatic N) is 1. The number of rotatable bonds is 5. The quantitative estimate of drug-likeness (QED) is 0.169. The van der Waals surface area contributed by atoms with Crippen molar-refractivity contribution in [3.63, 3.8) is 0 Å². The average molecular weight is 650 g/mol. The minimum absolute atomic E-state index is 0.118. The van der Waals surface area contributed by atoms with E-state index in [4.69, 9.17) is 21.5 Å². The van der Waals surface area contributed by atoms with Gasteiger partial charge in [-0.1, -0.05) is 23.7 Å². The molecule has 2 amide bonds. The van der Waals surface area contributed by atoms with Crippen LogP contribution in [0.25, 0.3) is 0 Å². The molecular weight excluding hydrogens is 636 g/mol. The van der Waals surface area contributed by atoms with Gasteiger partial charge in [-0.2, -0.15) is 13.5 Å². The lowest BCUT2D eigenvalue weighted by Crippen LogP contribution is -2.33. The van der Waals surface area contributed by atoms with Crippen molar-refractivity contribution in [1.82, 2.24) is 5.43 Å². The van der Waals surface area contributed by atoms with Gasteiger partial charge < -0.3 is 9.92 Å². The molecule has 0 heterocycles. The van der Waals surface area contributed by atoms with E-state index in [1.54, 1.807) is 36.4 Å². The van der Waals surface area contributed by atoms with E-state index in [1.807, 2.05) is 0 Å². The highest BCUT2D eigenvalue weighted by Crippen LogP contribution is 2.18. The zero-order valence-electron chi connectivity index (χ0n) is 14.2. The number of halogens is 3. The molecule has 12 heteroatoms. The van der Waals surface area contributed by atoms with Gasteiger partial charge in [0.1, 0.15) is 5.75 Å². The van der Waals surface area contributed by atoms with E-state index in [9.17, 15) is 18.0 Å². The topological polar surface area (TPSA) is 128 Å². The van der Waals surface area contributed by atoms with Gasteiger partial charge in [-0.3, -0.25) is 9.59 Å². The highest BCUT2D eigenvalue weighted by molar-refractivity contribution is 15.0. The number of benzene rings is 2. The number of carbonyl (C=O) groups is 2. The summed E-state index contributed by atoms with van der Waals surface area (Å²) in [7, 11) is -3.65. The molecule has 3 N–H and O–H groups in total. The Bertz CT molecular complexity index is 965. The minimum atomic E-state index is -3.65. The Hall–Kier alpha value is -1.45. The molecule has 0 unspecified atom stereocenters. The molecule has 2 aromatic rings. The number of carbonyl (C=O) groups excluding carboxylic acids is 2. The number of hydrazone groups is 1. The first-order valence-electron chi connectivity index (χ1n) is 7.23. The molecule has 8 nitrogen and oxygen atoms in total. The highest BCUT2D eigenvalue weighted by atomic mass is 128. The van der Waals surface area contributed by atoms with Crippen LogP contribution in [0, 0.1) is 0 Å². The lowest BCUT2D eigenvalue weighted by atomic mass is 10.0. The molecule has 0 radical (unpaired) electrons. The second-order valence-electron chi connectivity index (χ2n) is 5.08. The van der Waals surface area contributed by atoms with Crippen molar-refractivity contribution in [2.75, 3.05) is 6.26 Å². The number of hydrogen-bond donors (Lipinski definition) is 2. The molecule has 2 rings (SSSR count). The number of nitrogens with two attached hydrogens (primary N) is 1. The van der Waals surface area contributed by atoms with Gasteiger partial charge in [-0.05, 0) is 36.4 Å². The summed E-state index contributed by atoms with van der Waals surface area (Å²) in [6, 6.07) is 12.5. The summed E-state index contributed by atoms with van der Waals surface area (Å²) >= 11 is 10.1. The number of nitrogens with one attached hydrogen (secondary N) is 1. The number of hydrogen-bond acceptors (Lipinski definition) is 6. The van der Waals surface area contributed by atoms with Crippen molar-refractivity contribution in [3.05, 3.63) is 64.7 Å². The molecule has 0 fully saturated rings. The fourth-order valence-electron chi connectivity index (χ4n) is 1.91. The Balaban J connectivity index is 0.00000190. The van der Waals surface area contributed by atoms with E-state index in [1.165, 1.54) is 12.1 Å². The Kier molecular flexibility index (Phi) is 10.1. The van der Waals surface area contributed by atoms with Gasteiger partial charge in [0, 0.05) is 53.4 Å². The maximum Gasteiger partial charge on any atom is 0.329 e. The predicted octanol–water partition coefficient (Wildman–Crippen LogP) is 2.80. The molecule has 2 aromatic carbocycles. The summed E-state index contributed by atoms with van der Waals surface area (Å²) in [6.45, 7) is 0. The third-order valence-corrected chi connectivity index (χ3v) is 3.73. The Morgan fingerprint density at radius 2 is 1.50 bits per heavy atom. The average Bonchev–Trinajstić information content (AvgIpc) is 2.64. The summed E-state index contributed by atoms with van der Waals surface area (Å²) in [4.78, 5) is 22.2. The van der Waals surface area contributed by atoms with Crippen LogP contribution in [0.5, 0.6) is 5.75 Å². The van der Waals surface area contributed by atoms with E-state index in [-0.39, 0.29) is 5.75 Å². The van der Waals surface area contributed by atoms with Crippen molar-refractivity contribution < 1.29 is 22.2 Å². The van der Waals surface area contributed by atoms with Crippen LogP contribution in [0.1, 0.15) is 11.1 Å². The molecular formula is C16H14ClI2N3O5S. The molecule has 0 saturated heterocycles. The van der Waals surface area contributed by atoms with Crippen molar-refractivity contribution in [1.29, 1.82) is 0 Å². The van der Waals surface area contributed by atoms with Gasteiger partial charge in [0.05, 0.1) is 12.0 Å². The maximum atomic E-state index is 11.4. The van der Waals surface area contributed by atoms with Crippen LogP contribution >= 0.6 is 48.8 Å². The van der Waals surface area contributed by atoms with Gasteiger partial charge in [0.15, 0.2) is 0 Å². The van der Waals surface area contributed by atoms with Crippen molar-refractivity contribution >= 4 is 76.5 Å². The monoisotopic (exact) mass is 649 g/mol. The number of amides is 2. The molecule has 0 aliphatic rings. The second kappa shape index (κ2) is 11.5. The zero-order chi connectivity index (χ0) is 21.3. The fourth-order valence-corrected chi connectivity index (χ4v) is 2.50. The maximum absolute atomic E-state index is 11.4. The van der Waals surface area contributed by atoms with Crippen LogP contribution in [0.2, 0.25) is 5.02 Å². The van der Waals surface area contributed by atoms with E-state index in [0.29, 0.717) is 21.9 Å². The van der Waals surface area contributed by atoms with E-state index >= 15 is 0 Å². The van der Waals surface area contributed by atoms with Crippen molar-refractivity contribution in [2.24, 2.45) is 10.8 Å². The smallest absolute Gasteiger partial charge is 0.329 e. The minimum Gasteiger partial charge on any atom is -0.383 e. The summed E-state index contributed by atoms with van der Waals surface area (Å²) in [6.07, 6.45) is 0.931. The molecule has 0 bridgehead atoms. The Labute approximate surface area is 190 Å². The van der Waals surface area contributed by atoms with Crippen LogP contribution < -0.4 is 15.3 Å². The van der Waals surface area contributed by atoms with Crippen LogP contribution in [-0.2, 0) is 19.7 Å². The molecule has 0 saturated carbocycles. The van der Waals surface area contributed by atoms with Crippen LogP contribution in [0.3, 0.4) is 0 Å². The second-order valence-corrected chi connectivity index (χ2v) is 7.10. The van der Waals surface area contributed by atoms with Crippen LogP contribution in [0.4, 0.5) is 0 Å². The van der Waals surface area contributed by atoms with Gasteiger partial charge in [-0.25, -0.2) is 5.43 Å². The summed E-state index contributed by atoms with van der Waals surface area (Å²) in [5.74, 6) is -2.14. The summed E-state index contributed by atoms with van der Waals surface area (Å²) in [5.41, 5.74) is 8.37. The van der Waals surface area contributed by atoms with E-state index in [2.05, 4.69) is 47.8 Å². The van der Waals surface area contributed by atoms with Gasteiger partial charge >= 0.3 is 21.9 Å². The van der Waals surface area contributed by atoms with Gasteiger partial charge in [-0.15, -0.1) is 0 Å². The third kappa shape index (κ3) is 8.28. The Morgan fingerprint density at radius 3 is 1.93 bits per heavy atom. The molecule has 0 atom stereocenters. The van der Waals surface area contributed by atoms with Crippen LogP contribution in [-0.4, -0.2) is 32.2 Å². The summed E-state index contributed by atoms with van der Waals surface area (Å²) < 4.78 is 27.1. The molecule has 0 aromatic heterocycles. The number of primary amides is 1. The van der Waals surface area contributed by atoms with Gasteiger partial charge in [0.2, 0.25) is 0 Å². The fraction of sp³-hybridized carbons (Fsp3) is 0.0625. The highest BCUT2D eigenvalue weighted by Gasteiger charge is 2.12. The van der Waals surface area contributed by atoms with Crippen LogP contribution in [0.15, 0.2) is 53.6 Å². The van der Waals surface area contributed by atoms with Crippen molar-refractivity contribution in [3.8, 4) is 5.75 Å². The first-order valence-corrected chi connectivity index (χ1v) is 15.7. The van der Waals surface area contributed by atoms with Gasteiger partial charge in [0.25, 0.3) is 0 Å². The normalized spacial score (nSPS) is 11.1. The standard InChI is InChI=1S/C16H14ClN3O5S.I2/c1-26(23,24)25-13-8-4-11(5-9-13)14(19-20-16(22)15(18)21)10-2-6-12(17)7-3-10;1-2/h2-9H,1H3,(H2,18,21)(H,20,22);/b19-14-;. The molecule has 28 heavy (non-hydrogen) atoms. The summed E-state index contributed by atoms with van der Waals surface area (Å²) in [5, 5.41) is 4.44. The molecule has 0 aliphatic heterocycles. The van der Waals surface area contributed by atoms with E-state index < -0.39 is 21.9 Å². The Morgan fingerprint density at radius 1 is 1.04 bits per heavy atom. The lowest BCUT2D eigenvalue weighted by molar-refractivity contribution is -0.137. The van der Waals surface area contributed by atoms with Crippen molar-refractivity contribution in [2.45, 2.75) is 0 Å². The first kappa shape index (κ1) is 24.6. The van der Waals surface area contributed by atoms with E-state index in [0.717, 1.165) is 6.26 Å². The lowest BCUT2D eigenvalue weighted by Gasteiger charge is -2.09.